The fraction of sp³-hybridized carbons (Fsp3) is 0.0769. The highest BCUT2D eigenvalue weighted by Gasteiger charge is 2.18. The van der Waals surface area contributed by atoms with E-state index in [4.69, 9.17) is 17.3 Å². The van der Waals surface area contributed by atoms with Crippen molar-refractivity contribution in [2.24, 2.45) is 0 Å². The number of nitrogen functional groups attached to an aromatic ring is 1. The zero-order valence-electron chi connectivity index (χ0n) is 10.00. The molecule has 7 heteroatoms. The van der Waals surface area contributed by atoms with Crippen molar-refractivity contribution in [3.63, 3.8) is 0 Å². The van der Waals surface area contributed by atoms with E-state index in [1.54, 1.807) is 0 Å². The number of rotatable bonds is 3. The standard InChI is InChI=1S/C13H9ClF3NOS/c14-8-2-1-7(10(15)3-8)6-20(19)13-11(16)4-9(18)5-12(13)17/h1-5H,6,18H2. The summed E-state index contributed by atoms with van der Waals surface area (Å²) >= 11 is 5.59. The summed E-state index contributed by atoms with van der Waals surface area (Å²) in [5.41, 5.74) is 5.21. The van der Waals surface area contributed by atoms with Gasteiger partial charge in [0.15, 0.2) is 0 Å². The van der Waals surface area contributed by atoms with E-state index in [1.165, 1.54) is 12.1 Å². The molecule has 0 spiro atoms. The first-order valence-electron chi connectivity index (χ1n) is 5.45. The van der Waals surface area contributed by atoms with Gasteiger partial charge in [-0.2, -0.15) is 0 Å². The molecule has 2 aromatic rings. The molecular formula is C13H9ClF3NOS. The number of anilines is 1. The van der Waals surface area contributed by atoms with Gasteiger partial charge in [0.25, 0.3) is 0 Å². The zero-order chi connectivity index (χ0) is 14.9. The molecule has 0 amide bonds. The van der Waals surface area contributed by atoms with Gasteiger partial charge in [0, 0.05) is 16.3 Å². The fourth-order valence-electron chi connectivity index (χ4n) is 1.65. The van der Waals surface area contributed by atoms with Crippen molar-refractivity contribution in [2.75, 3.05) is 5.73 Å². The maximum absolute atomic E-state index is 13.6. The van der Waals surface area contributed by atoms with Crippen LogP contribution >= 0.6 is 11.6 Å². The third-order valence-corrected chi connectivity index (χ3v) is 4.20. The molecular weight excluding hydrogens is 311 g/mol. The van der Waals surface area contributed by atoms with Gasteiger partial charge in [-0.15, -0.1) is 0 Å². The number of halogens is 4. The minimum Gasteiger partial charge on any atom is -0.399 e. The smallest absolute Gasteiger partial charge is 0.144 e. The van der Waals surface area contributed by atoms with Crippen molar-refractivity contribution >= 4 is 28.1 Å². The Morgan fingerprint density at radius 2 is 1.65 bits per heavy atom. The van der Waals surface area contributed by atoms with E-state index in [2.05, 4.69) is 0 Å². The fourth-order valence-corrected chi connectivity index (χ4v) is 3.02. The van der Waals surface area contributed by atoms with Crippen molar-refractivity contribution in [1.82, 2.24) is 0 Å². The predicted molar refractivity (Wildman–Crippen MR) is 72.3 cm³/mol. The Hall–Kier alpha value is -1.53. The normalized spacial score (nSPS) is 12.4. The highest BCUT2D eigenvalue weighted by molar-refractivity contribution is 7.84. The van der Waals surface area contributed by atoms with Gasteiger partial charge in [0.1, 0.15) is 22.3 Å². The Morgan fingerprint density at radius 3 is 2.20 bits per heavy atom. The van der Waals surface area contributed by atoms with Gasteiger partial charge in [-0.05, 0) is 24.3 Å². The summed E-state index contributed by atoms with van der Waals surface area (Å²) in [6.45, 7) is 0. The summed E-state index contributed by atoms with van der Waals surface area (Å²) in [5, 5.41) is 0.182. The Balaban J connectivity index is 2.33. The van der Waals surface area contributed by atoms with Crippen LogP contribution in [0.1, 0.15) is 5.56 Å². The Morgan fingerprint density at radius 1 is 1.05 bits per heavy atom. The lowest BCUT2D eigenvalue weighted by atomic mass is 10.2. The summed E-state index contributed by atoms with van der Waals surface area (Å²) in [4.78, 5) is -0.617. The zero-order valence-corrected chi connectivity index (χ0v) is 11.6. The first-order valence-corrected chi connectivity index (χ1v) is 7.15. The molecule has 0 bridgehead atoms. The van der Waals surface area contributed by atoms with Gasteiger partial charge in [-0.3, -0.25) is 4.21 Å². The van der Waals surface area contributed by atoms with Crippen LogP contribution in [0, 0.1) is 17.5 Å². The first-order chi connectivity index (χ1) is 9.38. The second-order valence-electron chi connectivity index (χ2n) is 4.04. The summed E-state index contributed by atoms with van der Waals surface area (Å²) < 4.78 is 52.8. The topological polar surface area (TPSA) is 43.1 Å². The van der Waals surface area contributed by atoms with Crippen LogP contribution in [-0.2, 0) is 16.6 Å². The molecule has 1 atom stereocenters. The Labute approximate surface area is 120 Å². The van der Waals surface area contributed by atoms with Gasteiger partial charge in [-0.1, -0.05) is 17.7 Å². The SMILES string of the molecule is Nc1cc(F)c(S(=O)Cc2ccc(Cl)cc2F)c(F)c1. The van der Waals surface area contributed by atoms with E-state index in [-0.39, 0.29) is 22.0 Å². The van der Waals surface area contributed by atoms with Crippen molar-refractivity contribution in [3.05, 3.63) is 58.4 Å². The molecule has 0 aliphatic heterocycles. The Bertz CT molecular complexity index is 670. The first kappa shape index (κ1) is 14.9. The molecule has 2 N–H and O–H groups in total. The highest BCUT2D eigenvalue weighted by atomic mass is 35.5. The van der Waals surface area contributed by atoms with E-state index < -0.39 is 33.1 Å². The van der Waals surface area contributed by atoms with Crippen LogP contribution in [0.2, 0.25) is 5.02 Å². The van der Waals surface area contributed by atoms with Crippen LogP contribution in [-0.4, -0.2) is 4.21 Å². The van der Waals surface area contributed by atoms with Gasteiger partial charge >= 0.3 is 0 Å². The lowest BCUT2D eigenvalue weighted by Gasteiger charge is -2.07. The van der Waals surface area contributed by atoms with Gasteiger partial charge in [-0.25, -0.2) is 13.2 Å². The largest absolute Gasteiger partial charge is 0.399 e. The third kappa shape index (κ3) is 3.13. The second-order valence-corrected chi connectivity index (χ2v) is 5.86. The molecule has 2 aromatic carbocycles. The molecule has 0 heterocycles. The summed E-state index contributed by atoms with van der Waals surface area (Å²) in [5.74, 6) is -3.08. The molecule has 0 fully saturated rings. The number of hydrogen-bond donors (Lipinski definition) is 1. The molecule has 106 valence electrons. The average molecular weight is 320 g/mol. The maximum Gasteiger partial charge on any atom is 0.144 e. The Kier molecular flexibility index (Phi) is 4.35. The molecule has 20 heavy (non-hydrogen) atoms. The predicted octanol–water partition coefficient (Wildman–Crippen LogP) is 3.65. The van der Waals surface area contributed by atoms with Crippen LogP contribution in [0.3, 0.4) is 0 Å². The van der Waals surface area contributed by atoms with E-state index >= 15 is 0 Å². The maximum atomic E-state index is 13.6. The van der Waals surface area contributed by atoms with E-state index in [0.29, 0.717) is 0 Å². The minimum absolute atomic E-state index is 0.0587. The van der Waals surface area contributed by atoms with Gasteiger partial charge < -0.3 is 5.73 Å². The molecule has 0 aromatic heterocycles. The van der Waals surface area contributed by atoms with Crippen molar-refractivity contribution in [3.8, 4) is 0 Å². The lowest BCUT2D eigenvalue weighted by molar-refractivity contribution is 0.535. The van der Waals surface area contributed by atoms with Crippen molar-refractivity contribution in [2.45, 2.75) is 10.6 Å². The monoisotopic (exact) mass is 319 g/mol. The van der Waals surface area contributed by atoms with Crippen LogP contribution < -0.4 is 5.73 Å². The lowest BCUT2D eigenvalue weighted by Crippen LogP contribution is -2.05. The third-order valence-electron chi connectivity index (χ3n) is 2.55. The van der Waals surface area contributed by atoms with Crippen LogP contribution in [0.15, 0.2) is 35.2 Å². The molecule has 0 aliphatic carbocycles. The summed E-state index contributed by atoms with van der Waals surface area (Å²) in [6.07, 6.45) is 0. The molecule has 1 unspecified atom stereocenters. The minimum atomic E-state index is -2.07. The quantitative estimate of drug-likeness (QED) is 0.878. The number of hydrogen-bond acceptors (Lipinski definition) is 2. The number of nitrogens with two attached hydrogens (primary N) is 1. The van der Waals surface area contributed by atoms with E-state index in [1.807, 2.05) is 0 Å². The van der Waals surface area contributed by atoms with Crippen molar-refractivity contribution in [1.29, 1.82) is 0 Å². The van der Waals surface area contributed by atoms with Crippen LogP contribution in [0.5, 0.6) is 0 Å². The van der Waals surface area contributed by atoms with Gasteiger partial charge in [0.2, 0.25) is 0 Å². The van der Waals surface area contributed by atoms with Crippen LogP contribution in [0.25, 0.3) is 0 Å². The van der Waals surface area contributed by atoms with Crippen molar-refractivity contribution < 1.29 is 17.4 Å². The molecule has 0 saturated heterocycles. The molecule has 2 rings (SSSR count). The molecule has 0 aliphatic rings. The second kappa shape index (κ2) is 5.85. The highest BCUT2D eigenvalue weighted by Crippen LogP contribution is 2.24. The van der Waals surface area contributed by atoms with E-state index in [9.17, 15) is 17.4 Å². The average Bonchev–Trinajstić information content (AvgIpc) is 2.31. The molecule has 2 nitrogen and oxygen atoms in total. The molecule has 0 saturated carbocycles. The van der Waals surface area contributed by atoms with E-state index in [0.717, 1.165) is 18.2 Å². The van der Waals surface area contributed by atoms with Crippen LogP contribution in [0.4, 0.5) is 18.9 Å². The van der Waals surface area contributed by atoms with Gasteiger partial charge in [0.05, 0.1) is 16.6 Å². The summed E-state index contributed by atoms with van der Waals surface area (Å²) in [7, 11) is -2.07. The molecule has 0 radical (unpaired) electrons. The number of benzene rings is 2. The summed E-state index contributed by atoms with van der Waals surface area (Å²) in [6, 6.07) is 5.52.